The highest BCUT2D eigenvalue weighted by molar-refractivity contribution is 6.00. The summed E-state index contributed by atoms with van der Waals surface area (Å²) in [6.07, 6.45) is 0. The highest BCUT2D eigenvalue weighted by atomic mass is 16.5. The van der Waals surface area contributed by atoms with E-state index >= 15 is 0 Å². The number of benzene rings is 3. The molecule has 7 heteroatoms. The Labute approximate surface area is 179 Å². The number of fused-ring (bicyclic) bond motifs is 1. The molecule has 156 valence electrons. The van der Waals surface area contributed by atoms with Crippen LogP contribution in [0, 0.1) is 13.8 Å². The number of ether oxygens (including phenoxy) is 1. The second-order valence-electron chi connectivity index (χ2n) is 7.12. The fraction of sp³-hybridized carbons (Fsp3) is 0.125. The lowest BCUT2D eigenvalue weighted by Gasteiger charge is -2.14. The summed E-state index contributed by atoms with van der Waals surface area (Å²) < 4.78 is 6.70. The molecule has 0 aliphatic carbocycles. The Hall–Kier alpha value is -4.13. The first-order valence-corrected chi connectivity index (χ1v) is 9.78. The van der Waals surface area contributed by atoms with Crippen LogP contribution in [0.1, 0.15) is 11.4 Å². The van der Waals surface area contributed by atoms with Gasteiger partial charge in [0.15, 0.2) is 0 Å². The van der Waals surface area contributed by atoms with E-state index in [0.717, 1.165) is 5.56 Å². The van der Waals surface area contributed by atoms with Crippen LogP contribution in [0.25, 0.3) is 16.6 Å². The van der Waals surface area contributed by atoms with Gasteiger partial charge >= 0.3 is 6.03 Å². The van der Waals surface area contributed by atoms with Crippen LogP contribution in [-0.2, 0) is 0 Å². The first-order valence-electron chi connectivity index (χ1n) is 9.78. The number of aryl methyl sites for hydroxylation is 2. The summed E-state index contributed by atoms with van der Waals surface area (Å²) in [5.41, 5.74) is 3.36. The van der Waals surface area contributed by atoms with Gasteiger partial charge in [0.2, 0.25) is 0 Å². The fourth-order valence-electron chi connectivity index (χ4n) is 3.43. The van der Waals surface area contributed by atoms with Gasteiger partial charge in [0.05, 0.1) is 23.7 Å². The second-order valence-corrected chi connectivity index (χ2v) is 7.12. The quantitative estimate of drug-likeness (QED) is 0.509. The number of urea groups is 1. The van der Waals surface area contributed by atoms with Crippen LogP contribution < -0.4 is 20.9 Å². The number of para-hydroxylation sites is 1. The van der Waals surface area contributed by atoms with Gasteiger partial charge in [0, 0.05) is 11.4 Å². The number of rotatable bonds is 4. The van der Waals surface area contributed by atoms with Gasteiger partial charge in [-0.05, 0) is 74.0 Å². The smallest absolute Gasteiger partial charge is 0.323 e. The Kier molecular flexibility index (Phi) is 5.41. The molecule has 2 N–H and O–H groups in total. The van der Waals surface area contributed by atoms with Crippen molar-refractivity contribution in [1.82, 2.24) is 9.55 Å². The highest BCUT2D eigenvalue weighted by Gasteiger charge is 2.12. The number of amides is 2. The van der Waals surface area contributed by atoms with Gasteiger partial charge in [-0.2, -0.15) is 0 Å². The maximum atomic E-state index is 13.0. The molecular formula is C24H22N4O3. The average Bonchev–Trinajstić information content (AvgIpc) is 2.76. The van der Waals surface area contributed by atoms with Crippen molar-refractivity contribution in [3.8, 4) is 11.4 Å². The Morgan fingerprint density at radius 2 is 1.71 bits per heavy atom. The van der Waals surface area contributed by atoms with Gasteiger partial charge in [0.1, 0.15) is 11.6 Å². The molecule has 3 aromatic carbocycles. The lowest BCUT2D eigenvalue weighted by atomic mass is 10.1. The van der Waals surface area contributed by atoms with Gasteiger partial charge < -0.3 is 15.4 Å². The molecule has 1 aromatic heterocycles. The minimum atomic E-state index is -0.360. The van der Waals surface area contributed by atoms with Crippen molar-refractivity contribution in [2.75, 3.05) is 17.7 Å². The van der Waals surface area contributed by atoms with Crippen LogP contribution in [0.5, 0.6) is 5.75 Å². The van der Waals surface area contributed by atoms with Crippen molar-refractivity contribution in [3.05, 3.63) is 88.5 Å². The lowest BCUT2D eigenvalue weighted by Crippen LogP contribution is -2.23. The number of aromatic nitrogens is 2. The average molecular weight is 414 g/mol. The first-order chi connectivity index (χ1) is 15.0. The Morgan fingerprint density at radius 3 is 2.42 bits per heavy atom. The van der Waals surface area contributed by atoms with Gasteiger partial charge in [-0.3, -0.25) is 9.36 Å². The molecule has 4 aromatic rings. The summed E-state index contributed by atoms with van der Waals surface area (Å²) in [6.45, 7) is 3.68. The SMILES string of the molecule is COc1ccc(NC(=O)Nc2ccc(-n3c(C)nc4ccccc4c3=O)cc2C)cc1. The molecule has 0 spiro atoms. The second kappa shape index (κ2) is 8.31. The van der Waals surface area contributed by atoms with Crippen LogP contribution in [0.3, 0.4) is 0 Å². The molecule has 0 saturated carbocycles. The number of carbonyl (C=O) groups excluding carboxylic acids is 1. The predicted octanol–water partition coefficient (Wildman–Crippen LogP) is 4.66. The molecule has 0 fully saturated rings. The van der Waals surface area contributed by atoms with Crippen molar-refractivity contribution in [3.63, 3.8) is 0 Å². The number of hydrogen-bond acceptors (Lipinski definition) is 4. The summed E-state index contributed by atoms with van der Waals surface area (Å²) in [5, 5.41) is 6.19. The first kappa shape index (κ1) is 20.2. The summed E-state index contributed by atoms with van der Waals surface area (Å²) in [4.78, 5) is 29.9. The molecule has 0 saturated heterocycles. The van der Waals surface area contributed by atoms with E-state index in [1.54, 1.807) is 61.1 Å². The van der Waals surface area contributed by atoms with E-state index in [9.17, 15) is 9.59 Å². The number of carbonyl (C=O) groups is 1. The van der Waals surface area contributed by atoms with Gasteiger partial charge in [-0.1, -0.05) is 12.1 Å². The van der Waals surface area contributed by atoms with Crippen molar-refractivity contribution in [1.29, 1.82) is 0 Å². The fourth-order valence-corrected chi connectivity index (χ4v) is 3.43. The monoisotopic (exact) mass is 414 g/mol. The van der Waals surface area contributed by atoms with E-state index in [4.69, 9.17) is 4.74 Å². The number of hydrogen-bond donors (Lipinski definition) is 2. The third-order valence-corrected chi connectivity index (χ3v) is 5.01. The number of nitrogens with one attached hydrogen (secondary N) is 2. The van der Waals surface area contributed by atoms with E-state index < -0.39 is 0 Å². The maximum Gasteiger partial charge on any atom is 0.323 e. The zero-order valence-electron chi connectivity index (χ0n) is 17.5. The summed E-state index contributed by atoms with van der Waals surface area (Å²) in [7, 11) is 1.59. The maximum absolute atomic E-state index is 13.0. The highest BCUT2D eigenvalue weighted by Crippen LogP contribution is 2.21. The predicted molar refractivity (Wildman–Crippen MR) is 122 cm³/mol. The number of methoxy groups -OCH3 is 1. The number of nitrogens with zero attached hydrogens (tertiary/aromatic N) is 2. The molecule has 0 aliphatic rings. The molecule has 0 unspecified atom stereocenters. The van der Waals surface area contributed by atoms with Crippen molar-refractivity contribution < 1.29 is 9.53 Å². The molecule has 0 bridgehead atoms. The molecule has 4 rings (SSSR count). The van der Waals surface area contributed by atoms with Crippen LogP contribution in [0.15, 0.2) is 71.5 Å². The standard InChI is InChI=1S/C24H22N4O3/c1-15-14-18(28-16(2)25-22-7-5-4-6-20(22)23(28)29)10-13-21(15)27-24(30)26-17-8-11-19(31-3)12-9-17/h4-14H,1-3H3,(H2,26,27,30). The molecule has 31 heavy (non-hydrogen) atoms. The van der Waals surface area contributed by atoms with Crippen LogP contribution in [0.2, 0.25) is 0 Å². The number of anilines is 2. The minimum Gasteiger partial charge on any atom is -0.497 e. The van der Waals surface area contributed by atoms with E-state index in [1.807, 2.05) is 31.2 Å². The third-order valence-electron chi connectivity index (χ3n) is 5.01. The molecule has 7 nitrogen and oxygen atoms in total. The summed E-state index contributed by atoms with van der Waals surface area (Å²) in [5.74, 6) is 1.31. The third kappa shape index (κ3) is 4.11. The van der Waals surface area contributed by atoms with Crippen LogP contribution >= 0.6 is 0 Å². The molecule has 1 heterocycles. The van der Waals surface area contributed by atoms with Crippen molar-refractivity contribution in [2.45, 2.75) is 13.8 Å². The van der Waals surface area contributed by atoms with Gasteiger partial charge in [-0.25, -0.2) is 9.78 Å². The molecule has 0 radical (unpaired) electrons. The van der Waals surface area contributed by atoms with Crippen LogP contribution in [-0.4, -0.2) is 22.7 Å². The van der Waals surface area contributed by atoms with Crippen molar-refractivity contribution in [2.24, 2.45) is 0 Å². The summed E-state index contributed by atoms with van der Waals surface area (Å²) in [6, 6.07) is 19.4. The largest absolute Gasteiger partial charge is 0.497 e. The van der Waals surface area contributed by atoms with Gasteiger partial charge in [-0.15, -0.1) is 0 Å². The van der Waals surface area contributed by atoms with E-state index in [2.05, 4.69) is 15.6 Å². The van der Waals surface area contributed by atoms with E-state index in [-0.39, 0.29) is 11.6 Å². The molecule has 0 aliphatic heterocycles. The lowest BCUT2D eigenvalue weighted by molar-refractivity contribution is 0.262. The van der Waals surface area contributed by atoms with Crippen LogP contribution in [0.4, 0.5) is 16.2 Å². The Bertz CT molecular complexity index is 1330. The summed E-state index contributed by atoms with van der Waals surface area (Å²) >= 11 is 0. The Morgan fingerprint density at radius 1 is 0.968 bits per heavy atom. The van der Waals surface area contributed by atoms with Crippen molar-refractivity contribution >= 4 is 28.3 Å². The zero-order valence-corrected chi connectivity index (χ0v) is 17.5. The molecule has 2 amide bonds. The molecular weight excluding hydrogens is 392 g/mol. The normalized spacial score (nSPS) is 10.7. The zero-order chi connectivity index (χ0) is 22.0. The minimum absolute atomic E-state index is 0.125. The van der Waals surface area contributed by atoms with Gasteiger partial charge in [0.25, 0.3) is 5.56 Å². The molecule has 0 atom stereocenters. The van der Waals surface area contributed by atoms with E-state index in [0.29, 0.717) is 39.5 Å². The topological polar surface area (TPSA) is 85.2 Å². The van der Waals surface area contributed by atoms with E-state index in [1.165, 1.54) is 0 Å². The Balaban J connectivity index is 1.58.